The topological polar surface area (TPSA) is 71.3 Å². The number of methoxy groups -OCH3 is 1. The number of para-hydroxylation sites is 2. The number of amides is 1. The van der Waals surface area contributed by atoms with Crippen LogP contribution in [0.25, 0.3) is 6.08 Å². The maximum absolute atomic E-state index is 13.8. The van der Waals surface area contributed by atoms with Crippen molar-refractivity contribution in [3.8, 4) is 17.6 Å². The molecular weight excluding hydrogens is 419 g/mol. The number of nitriles is 1. The van der Waals surface area contributed by atoms with Gasteiger partial charge in [-0.15, -0.1) is 0 Å². The second-order valence-electron chi connectivity index (χ2n) is 6.38. The number of nitrogens with one attached hydrogen (secondary N) is 1. The van der Waals surface area contributed by atoms with Crippen molar-refractivity contribution in [2.45, 2.75) is 6.61 Å². The summed E-state index contributed by atoms with van der Waals surface area (Å²) >= 11 is 6.00. The highest BCUT2D eigenvalue weighted by molar-refractivity contribution is 6.31. The number of carbonyl (C=O) groups is 1. The molecule has 3 aromatic carbocycles. The molecule has 0 aliphatic rings. The van der Waals surface area contributed by atoms with Gasteiger partial charge >= 0.3 is 0 Å². The standard InChI is InChI=1S/C24H18ClFN2O3/c1-30-23-8-3-2-7-22(23)28-24(29)17(14-27)13-16-9-11-18(12-10-16)31-15-19-20(25)5-4-6-21(19)26/h2-13H,15H2,1H3,(H,28,29)/b17-13-. The Labute approximate surface area is 184 Å². The molecule has 1 N–H and O–H groups in total. The van der Waals surface area contributed by atoms with Gasteiger partial charge in [-0.25, -0.2) is 4.39 Å². The molecule has 0 unspecified atom stereocenters. The molecule has 0 aliphatic carbocycles. The zero-order chi connectivity index (χ0) is 22.2. The fourth-order valence-electron chi connectivity index (χ4n) is 2.74. The van der Waals surface area contributed by atoms with Gasteiger partial charge in [0.25, 0.3) is 5.91 Å². The van der Waals surface area contributed by atoms with Crippen LogP contribution in [0.15, 0.2) is 72.3 Å². The minimum atomic E-state index is -0.554. The Bertz CT molecular complexity index is 1130. The lowest BCUT2D eigenvalue weighted by Crippen LogP contribution is -2.14. The van der Waals surface area contributed by atoms with E-state index in [4.69, 9.17) is 21.1 Å². The SMILES string of the molecule is COc1ccccc1NC(=O)/C(C#N)=C\c1ccc(OCc2c(F)cccc2Cl)cc1. The summed E-state index contributed by atoms with van der Waals surface area (Å²) in [6, 6.07) is 19.9. The number of ether oxygens (including phenoxy) is 2. The Morgan fingerprint density at radius 1 is 1.13 bits per heavy atom. The van der Waals surface area contributed by atoms with Gasteiger partial charge in [0.05, 0.1) is 17.8 Å². The second-order valence-corrected chi connectivity index (χ2v) is 6.79. The van der Waals surface area contributed by atoms with Crippen LogP contribution < -0.4 is 14.8 Å². The van der Waals surface area contributed by atoms with Crippen molar-refractivity contribution < 1.29 is 18.7 Å². The lowest BCUT2D eigenvalue weighted by atomic mass is 10.1. The van der Waals surface area contributed by atoms with Gasteiger partial charge in [0.1, 0.15) is 35.6 Å². The van der Waals surface area contributed by atoms with Crippen LogP contribution in [0.3, 0.4) is 0 Å². The van der Waals surface area contributed by atoms with Crippen LogP contribution in [-0.2, 0) is 11.4 Å². The van der Waals surface area contributed by atoms with Crippen molar-refractivity contribution in [2.75, 3.05) is 12.4 Å². The molecule has 0 fully saturated rings. The summed E-state index contributed by atoms with van der Waals surface area (Å²) in [6.07, 6.45) is 1.46. The highest BCUT2D eigenvalue weighted by Gasteiger charge is 2.12. The van der Waals surface area contributed by atoms with Crippen LogP contribution in [0.1, 0.15) is 11.1 Å². The third-order valence-corrected chi connectivity index (χ3v) is 4.71. The Balaban J connectivity index is 1.69. The fourth-order valence-corrected chi connectivity index (χ4v) is 2.96. The summed E-state index contributed by atoms with van der Waals surface area (Å²) in [6.45, 7) is -0.0224. The number of benzene rings is 3. The van der Waals surface area contributed by atoms with Gasteiger partial charge in [-0.2, -0.15) is 5.26 Å². The summed E-state index contributed by atoms with van der Waals surface area (Å²) in [5, 5.41) is 12.4. The molecule has 7 heteroatoms. The van der Waals surface area contributed by atoms with Crippen LogP contribution in [0.2, 0.25) is 5.02 Å². The molecule has 0 bridgehead atoms. The molecule has 3 aromatic rings. The first kappa shape index (κ1) is 21.9. The van der Waals surface area contributed by atoms with Crippen molar-refractivity contribution in [3.05, 3.63) is 94.3 Å². The Kier molecular flexibility index (Phi) is 7.26. The van der Waals surface area contributed by atoms with Gasteiger partial charge in [-0.3, -0.25) is 4.79 Å². The van der Waals surface area contributed by atoms with E-state index in [1.54, 1.807) is 54.6 Å². The number of hydrogen-bond donors (Lipinski definition) is 1. The molecule has 0 spiro atoms. The minimum absolute atomic E-state index is 0.0224. The number of halogens is 2. The second kappa shape index (κ2) is 10.3. The van der Waals surface area contributed by atoms with Gasteiger partial charge in [0.15, 0.2) is 0 Å². The molecule has 0 atom stereocenters. The van der Waals surface area contributed by atoms with Crippen LogP contribution in [-0.4, -0.2) is 13.0 Å². The lowest BCUT2D eigenvalue weighted by molar-refractivity contribution is -0.112. The summed E-state index contributed by atoms with van der Waals surface area (Å²) < 4.78 is 24.6. The maximum atomic E-state index is 13.8. The van der Waals surface area contributed by atoms with Crippen LogP contribution in [0.5, 0.6) is 11.5 Å². The fraction of sp³-hybridized carbons (Fsp3) is 0.0833. The van der Waals surface area contributed by atoms with E-state index in [0.29, 0.717) is 27.8 Å². The first-order chi connectivity index (χ1) is 15.0. The van der Waals surface area contributed by atoms with E-state index in [2.05, 4.69) is 5.32 Å². The van der Waals surface area contributed by atoms with Crippen LogP contribution in [0.4, 0.5) is 10.1 Å². The molecule has 1 amide bonds. The monoisotopic (exact) mass is 436 g/mol. The van der Waals surface area contributed by atoms with Gasteiger partial charge in [0.2, 0.25) is 0 Å². The van der Waals surface area contributed by atoms with Gasteiger partial charge in [-0.05, 0) is 48.0 Å². The molecule has 0 radical (unpaired) electrons. The lowest BCUT2D eigenvalue weighted by Gasteiger charge is -2.10. The number of rotatable bonds is 7. The van der Waals surface area contributed by atoms with Crippen LogP contribution in [0, 0.1) is 17.1 Å². The number of hydrogen-bond acceptors (Lipinski definition) is 4. The normalized spacial score (nSPS) is 10.8. The quantitative estimate of drug-likeness (QED) is 0.386. The molecule has 0 saturated carbocycles. The molecule has 0 heterocycles. The van der Waals surface area contributed by atoms with E-state index in [0.717, 1.165) is 0 Å². The average molecular weight is 437 g/mol. The molecule has 31 heavy (non-hydrogen) atoms. The molecule has 0 saturated heterocycles. The van der Waals surface area contributed by atoms with E-state index < -0.39 is 11.7 Å². The summed E-state index contributed by atoms with van der Waals surface area (Å²) in [4.78, 5) is 12.5. The maximum Gasteiger partial charge on any atom is 0.266 e. The molecule has 0 aliphatic heterocycles. The van der Waals surface area contributed by atoms with E-state index in [-0.39, 0.29) is 17.7 Å². The summed E-state index contributed by atoms with van der Waals surface area (Å²) in [7, 11) is 1.50. The highest BCUT2D eigenvalue weighted by atomic mass is 35.5. The predicted molar refractivity (Wildman–Crippen MR) is 117 cm³/mol. The first-order valence-electron chi connectivity index (χ1n) is 9.23. The van der Waals surface area contributed by atoms with Gasteiger partial charge in [-0.1, -0.05) is 41.9 Å². The highest BCUT2D eigenvalue weighted by Crippen LogP contribution is 2.24. The largest absolute Gasteiger partial charge is 0.495 e. The van der Waals surface area contributed by atoms with Crippen molar-refractivity contribution in [1.82, 2.24) is 0 Å². The third kappa shape index (κ3) is 5.62. The average Bonchev–Trinajstić information content (AvgIpc) is 2.78. The van der Waals surface area contributed by atoms with E-state index in [1.165, 1.54) is 25.3 Å². The van der Waals surface area contributed by atoms with Crippen LogP contribution >= 0.6 is 11.6 Å². The Hall–Kier alpha value is -3.82. The molecule has 3 rings (SSSR count). The Morgan fingerprint density at radius 2 is 1.87 bits per heavy atom. The molecular formula is C24H18ClFN2O3. The minimum Gasteiger partial charge on any atom is -0.495 e. The van der Waals surface area contributed by atoms with Crippen molar-refractivity contribution >= 4 is 29.3 Å². The van der Waals surface area contributed by atoms with E-state index >= 15 is 0 Å². The smallest absolute Gasteiger partial charge is 0.266 e. The third-order valence-electron chi connectivity index (χ3n) is 4.36. The van der Waals surface area contributed by atoms with Crippen molar-refractivity contribution in [1.29, 1.82) is 5.26 Å². The zero-order valence-corrected chi connectivity index (χ0v) is 17.3. The number of carbonyl (C=O) groups excluding carboxylic acids is 1. The Morgan fingerprint density at radius 3 is 2.55 bits per heavy atom. The molecule has 5 nitrogen and oxygen atoms in total. The predicted octanol–water partition coefficient (Wildman–Crippen LogP) is 5.61. The summed E-state index contributed by atoms with van der Waals surface area (Å²) in [5.41, 5.74) is 1.29. The first-order valence-corrected chi connectivity index (χ1v) is 9.61. The van der Waals surface area contributed by atoms with Gasteiger partial charge < -0.3 is 14.8 Å². The number of nitrogens with zero attached hydrogens (tertiary/aromatic N) is 1. The van der Waals surface area contributed by atoms with E-state index in [1.807, 2.05) is 6.07 Å². The van der Waals surface area contributed by atoms with Crippen molar-refractivity contribution in [3.63, 3.8) is 0 Å². The van der Waals surface area contributed by atoms with Gasteiger partial charge in [0, 0.05) is 5.56 Å². The summed E-state index contributed by atoms with van der Waals surface area (Å²) in [5.74, 6) is -0.00801. The number of anilines is 1. The van der Waals surface area contributed by atoms with Crippen molar-refractivity contribution in [2.24, 2.45) is 0 Å². The molecule has 0 aromatic heterocycles. The molecule has 156 valence electrons. The zero-order valence-electron chi connectivity index (χ0n) is 16.6. The van der Waals surface area contributed by atoms with E-state index in [9.17, 15) is 14.4 Å².